The number of hydrogen-bond acceptors (Lipinski definition) is 7. The maximum Gasteiger partial charge on any atom is 0.489 e. The average molecular weight is 820 g/mol. The number of halogens is 1. The minimum absolute atomic E-state index is 0.123. The Morgan fingerprint density at radius 3 is 2.07 bits per heavy atom. The van der Waals surface area contributed by atoms with E-state index in [0.29, 0.717) is 33.5 Å². The summed E-state index contributed by atoms with van der Waals surface area (Å²) in [6.45, 7) is 8.45. The Bertz CT molecular complexity index is 3070. The monoisotopic (exact) mass is 819 g/mol. The molecule has 61 heavy (non-hydrogen) atoms. The Labute approximate surface area is 360 Å². The van der Waals surface area contributed by atoms with Crippen LogP contribution in [0, 0.1) is 6.92 Å². The third-order valence-electron chi connectivity index (χ3n) is 10.8. The van der Waals surface area contributed by atoms with Crippen molar-refractivity contribution < 1.29 is 14.8 Å². The van der Waals surface area contributed by atoms with Crippen LogP contribution >= 0.6 is 11.6 Å². The first kappa shape index (κ1) is 39.6. The molecule has 0 amide bonds. The van der Waals surface area contributed by atoms with Gasteiger partial charge in [0, 0.05) is 45.8 Å². The van der Waals surface area contributed by atoms with E-state index < -0.39 is 7.12 Å². The van der Waals surface area contributed by atoms with E-state index in [2.05, 4.69) is 78.4 Å². The van der Waals surface area contributed by atoms with Crippen molar-refractivity contribution in [3.63, 3.8) is 0 Å². The number of benzene rings is 6. The van der Waals surface area contributed by atoms with Gasteiger partial charge in [0.05, 0.1) is 28.1 Å². The SMILES string of the molecule is Cc1cc(Oc2ccc3c4ccccc4n(-c4cc(C(C)(C)C)cc(Cl)n4)c3c2)cc(Nc2ccccc2Nc2c(-c3ccccc3)cccc2-c2ccccc2B(O)O)n1. The fourth-order valence-corrected chi connectivity index (χ4v) is 8.10. The van der Waals surface area contributed by atoms with Crippen LogP contribution in [0.2, 0.25) is 5.15 Å². The van der Waals surface area contributed by atoms with Crippen molar-refractivity contribution in [2.75, 3.05) is 10.6 Å². The number of ether oxygens (including phenoxy) is 1. The number of fused-ring (bicyclic) bond motifs is 3. The summed E-state index contributed by atoms with van der Waals surface area (Å²) in [6.07, 6.45) is 0. The van der Waals surface area contributed by atoms with E-state index in [1.165, 1.54) is 0 Å². The lowest BCUT2D eigenvalue weighted by Gasteiger charge is -2.21. The highest BCUT2D eigenvalue weighted by molar-refractivity contribution is 6.60. The molecule has 4 N–H and O–H groups in total. The van der Waals surface area contributed by atoms with Crippen LogP contribution in [-0.4, -0.2) is 31.7 Å². The largest absolute Gasteiger partial charge is 0.489 e. The van der Waals surface area contributed by atoms with Gasteiger partial charge in [0.25, 0.3) is 0 Å². The van der Waals surface area contributed by atoms with Gasteiger partial charge in [-0.3, -0.25) is 4.57 Å². The van der Waals surface area contributed by atoms with Crippen molar-refractivity contribution in [3.05, 3.63) is 180 Å². The van der Waals surface area contributed by atoms with Crippen LogP contribution in [0.15, 0.2) is 164 Å². The van der Waals surface area contributed by atoms with Gasteiger partial charge in [-0.15, -0.1) is 0 Å². The second-order valence-corrected chi connectivity index (χ2v) is 16.5. The molecule has 0 unspecified atom stereocenters. The predicted molar refractivity (Wildman–Crippen MR) is 251 cm³/mol. The Balaban J connectivity index is 1.07. The molecule has 0 bridgehead atoms. The lowest BCUT2D eigenvalue weighted by Crippen LogP contribution is -2.31. The number of hydrogen-bond donors (Lipinski definition) is 4. The first-order valence-corrected chi connectivity index (χ1v) is 20.5. The molecule has 6 aromatic carbocycles. The van der Waals surface area contributed by atoms with Gasteiger partial charge in [0.1, 0.15) is 28.3 Å². The van der Waals surface area contributed by atoms with Crippen LogP contribution in [0.1, 0.15) is 32.0 Å². The molecule has 10 heteroatoms. The number of aromatic nitrogens is 3. The van der Waals surface area contributed by atoms with Gasteiger partial charge in [0.15, 0.2) is 0 Å². The molecular weight excluding hydrogens is 777 g/mol. The minimum atomic E-state index is -1.64. The fourth-order valence-electron chi connectivity index (χ4n) is 7.90. The van der Waals surface area contributed by atoms with Crippen molar-refractivity contribution in [1.82, 2.24) is 14.5 Å². The van der Waals surface area contributed by atoms with Crippen LogP contribution in [0.4, 0.5) is 22.9 Å². The van der Waals surface area contributed by atoms with E-state index in [1.54, 1.807) is 12.1 Å². The van der Waals surface area contributed by atoms with Crippen molar-refractivity contribution in [2.45, 2.75) is 33.1 Å². The summed E-state index contributed by atoms with van der Waals surface area (Å²) in [7, 11) is -1.64. The number of aryl methyl sites for hydroxylation is 1. The topological polar surface area (TPSA) is 104 Å². The normalized spacial score (nSPS) is 11.5. The molecule has 0 fully saturated rings. The first-order valence-electron chi connectivity index (χ1n) is 20.2. The molecule has 0 atom stereocenters. The Morgan fingerprint density at radius 2 is 1.28 bits per heavy atom. The van der Waals surface area contributed by atoms with Crippen molar-refractivity contribution in [2.24, 2.45) is 0 Å². The summed E-state index contributed by atoms with van der Waals surface area (Å²) < 4.78 is 8.78. The van der Waals surface area contributed by atoms with E-state index in [-0.39, 0.29) is 5.41 Å². The lowest BCUT2D eigenvalue weighted by molar-refractivity contribution is 0.426. The van der Waals surface area contributed by atoms with E-state index >= 15 is 0 Å². The molecule has 8 nitrogen and oxygen atoms in total. The van der Waals surface area contributed by atoms with E-state index in [0.717, 1.165) is 72.6 Å². The number of rotatable bonds is 10. The van der Waals surface area contributed by atoms with Crippen LogP contribution in [-0.2, 0) is 5.41 Å². The first-order chi connectivity index (χ1) is 29.5. The number of para-hydroxylation sites is 4. The molecule has 0 spiro atoms. The van der Waals surface area contributed by atoms with Gasteiger partial charge in [-0.25, -0.2) is 9.97 Å². The maximum absolute atomic E-state index is 10.4. The second kappa shape index (κ2) is 16.3. The zero-order valence-electron chi connectivity index (χ0n) is 34.2. The molecule has 3 aromatic heterocycles. The fraction of sp³-hybridized carbons (Fsp3) is 0.0980. The summed E-state index contributed by atoms with van der Waals surface area (Å²) >= 11 is 6.65. The van der Waals surface area contributed by atoms with Gasteiger partial charge in [-0.05, 0) is 77.0 Å². The molecule has 0 aliphatic heterocycles. The molecule has 0 aliphatic rings. The standard InChI is InChI=1S/C51H43BClN5O3/c1-32-27-36(61-35-25-26-40-39-18-9-13-24-45(39)58(46(40)30-35)49-29-34(51(2,3)4)28-47(53)57-49)31-48(54-32)55-43-22-11-12-23-44(43)56-50-37(33-15-6-5-7-16-33)19-14-20-41(50)38-17-8-10-21-42(38)52(59)60/h5-31,56,59-60H,1-4H3,(H,54,55). The van der Waals surface area contributed by atoms with Crippen molar-refractivity contribution in [3.8, 4) is 39.6 Å². The summed E-state index contributed by atoms with van der Waals surface area (Å²) in [5.41, 5.74) is 10.0. The highest BCUT2D eigenvalue weighted by Crippen LogP contribution is 2.41. The highest BCUT2D eigenvalue weighted by Gasteiger charge is 2.22. The molecule has 0 radical (unpaired) electrons. The van der Waals surface area contributed by atoms with Gasteiger partial charge in [-0.2, -0.15) is 0 Å². The molecular formula is C51H43BClN5O3. The molecule has 0 aliphatic carbocycles. The second-order valence-electron chi connectivity index (χ2n) is 16.1. The zero-order chi connectivity index (χ0) is 42.3. The minimum Gasteiger partial charge on any atom is -0.457 e. The third-order valence-corrected chi connectivity index (χ3v) is 11.0. The van der Waals surface area contributed by atoms with Crippen LogP contribution in [0.5, 0.6) is 11.5 Å². The maximum atomic E-state index is 10.4. The van der Waals surface area contributed by atoms with Gasteiger partial charge in [-0.1, -0.05) is 136 Å². The predicted octanol–water partition coefficient (Wildman–Crippen LogP) is 12.1. The Hall–Kier alpha value is -6.91. The van der Waals surface area contributed by atoms with Crippen LogP contribution < -0.4 is 20.8 Å². The lowest BCUT2D eigenvalue weighted by atomic mass is 9.75. The smallest absolute Gasteiger partial charge is 0.457 e. The Kier molecular flexibility index (Phi) is 10.6. The van der Waals surface area contributed by atoms with Gasteiger partial charge >= 0.3 is 7.12 Å². The Morgan fingerprint density at radius 1 is 0.607 bits per heavy atom. The third kappa shape index (κ3) is 8.07. The average Bonchev–Trinajstić information content (AvgIpc) is 3.57. The number of anilines is 4. The van der Waals surface area contributed by atoms with Gasteiger partial charge < -0.3 is 25.4 Å². The molecule has 300 valence electrons. The van der Waals surface area contributed by atoms with E-state index in [4.69, 9.17) is 26.3 Å². The number of nitrogens with one attached hydrogen (secondary N) is 2. The molecule has 9 rings (SSSR count). The van der Waals surface area contributed by atoms with Gasteiger partial charge in [0.2, 0.25) is 0 Å². The quantitative estimate of drug-likeness (QED) is 0.0804. The van der Waals surface area contributed by atoms with E-state index in [1.807, 2.05) is 116 Å². The molecule has 0 saturated heterocycles. The highest BCUT2D eigenvalue weighted by atomic mass is 35.5. The summed E-state index contributed by atoms with van der Waals surface area (Å²) in [6, 6.07) is 53.7. The van der Waals surface area contributed by atoms with Crippen molar-refractivity contribution in [1.29, 1.82) is 0 Å². The molecule has 3 heterocycles. The summed E-state index contributed by atoms with van der Waals surface area (Å²) in [5.74, 6) is 2.62. The molecule has 9 aromatic rings. The zero-order valence-corrected chi connectivity index (χ0v) is 34.9. The summed E-state index contributed by atoms with van der Waals surface area (Å²) in [5, 5.41) is 30.6. The van der Waals surface area contributed by atoms with E-state index in [9.17, 15) is 10.0 Å². The van der Waals surface area contributed by atoms with Crippen molar-refractivity contribution >= 4 is 68.9 Å². The van der Waals surface area contributed by atoms with Crippen LogP contribution in [0.3, 0.4) is 0 Å². The number of nitrogens with zero attached hydrogens (tertiary/aromatic N) is 3. The van der Waals surface area contributed by atoms with Crippen LogP contribution in [0.25, 0.3) is 49.9 Å². The molecule has 0 saturated carbocycles. The number of pyridine rings is 2. The summed E-state index contributed by atoms with van der Waals surface area (Å²) in [4.78, 5) is 9.65.